The molecule has 0 aliphatic carbocycles. The zero-order valence-corrected chi connectivity index (χ0v) is 38.3. The smallest absolute Gasteiger partial charge is 0.335 e. The van der Waals surface area contributed by atoms with Gasteiger partial charge in [-0.05, 0) is 117 Å². The SMILES string of the molecule is CCOC(C)=O.COc1ccc(CCCC2Sc3ccc(C(=O)O)cc3N(CC(=O)NO)C2=O)cc1.COc1ccc(CCC[C@@H]2Sc3ccc(C(=O)O)cc3N(CC(=O)NO)C2=O)cc1. The van der Waals surface area contributed by atoms with Crippen molar-refractivity contribution < 1.29 is 68.4 Å². The van der Waals surface area contributed by atoms with Crippen molar-refractivity contribution in [1.29, 1.82) is 0 Å². The Morgan fingerprint density at radius 3 is 1.29 bits per heavy atom. The van der Waals surface area contributed by atoms with Gasteiger partial charge in [-0.25, -0.2) is 20.5 Å². The van der Waals surface area contributed by atoms with Crippen LogP contribution in [0.2, 0.25) is 0 Å². The molecule has 0 fully saturated rings. The minimum Gasteiger partial charge on any atom is -0.497 e. The number of carboxylic acids is 2. The molecule has 66 heavy (non-hydrogen) atoms. The van der Waals surface area contributed by atoms with Crippen molar-refractivity contribution in [2.24, 2.45) is 0 Å². The zero-order valence-electron chi connectivity index (χ0n) is 36.7. The lowest BCUT2D eigenvalue weighted by molar-refractivity contribution is -0.140. The topological polar surface area (TPSA) is 259 Å². The lowest BCUT2D eigenvalue weighted by atomic mass is 10.1. The largest absolute Gasteiger partial charge is 0.497 e. The van der Waals surface area contributed by atoms with Crippen LogP contribution in [0, 0.1) is 0 Å². The van der Waals surface area contributed by atoms with Gasteiger partial charge in [0.1, 0.15) is 24.6 Å². The van der Waals surface area contributed by atoms with Crippen LogP contribution in [-0.2, 0) is 41.6 Å². The van der Waals surface area contributed by atoms with Gasteiger partial charge in [0.2, 0.25) is 11.8 Å². The number of methoxy groups -OCH3 is 2. The van der Waals surface area contributed by atoms with E-state index in [1.54, 1.807) is 33.3 Å². The van der Waals surface area contributed by atoms with Crippen LogP contribution in [0.15, 0.2) is 94.7 Å². The van der Waals surface area contributed by atoms with Crippen molar-refractivity contribution in [3.8, 4) is 11.5 Å². The maximum Gasteiger partial charge on any atom is 0.335 e. The number of esters is 1. The summed E-state index contributed by atoms with van der Waals surface area (Å²) in [5, 5.41) is 35.4. The maximum absolute atomic E-state index is 13.0. The molecule has 6 rings (SSSR count). The summed E-state index contributed by atoms with van der Waals surface area (Å²) in [6.07, 6.45) is 4.28. The summed E-state index contributed by atoms with van der Waals surface area (Å²) in [5.74, 6) is -2.96. The van der Waals surface area contributed by atoms with Gasteiger partial charge in [-0.2, -0.15) is 0 Å². The number of hydroxylamine groups is 2. The van der Waals surface area contributed by atoms with Crippen LogP contribution in [0.25, 0.3) is 0 Å². The Labute approximate surface area is 389 Å². The van der Waals surface area contributed by atoms with Crippen LogP contribution in [0.4, 0.5) is 11.4 Å². The number of hydrogen-bond acceptors (Lipinski definition) is 14. The van der Waals surface area contributed by atoms with Gasteiger partial charge in [-0.1, -0.05) is 24.3 Å². The van der Waals surface area contributed by atoms with Crippen molar-refractivity contribution in [2.75, 3.05) is 43.7 Å². The second kappa shape index (κ2) is 25.8. The predicted octanol–water partition coefficient (Wildman–Crippen LogP) is 6.03. The third-order valence-electron chi connectivity index (χ3n) is 10.00. The number of aryl methyl sites for hydroxylation is 2. The molecule has 6 N–H and O–H groups in total. The second-order valence-corrected chi connectivity index (χ2v) is 17.0. The van der Waals surface area contributed by atoms with Gasteiger partial charge in [-0.15, -0.1) is 23.5 Å². The fourth-order valence-corrected chi connectivity index (χ4v) is 9.25. The van der Waals surface area contributed by atoms with Crippen LogP contribution < -0.4 is 30.2 Å². The van der Waals surface area contributed by atoms with E-state index in [-0.39, 0.29) is 42.0 Å². The predicted molar refractivity (Wildman–Crippen MR) is 245 cm³/mol. The van der Waals surface area contributed by atoms with Crippen LogP contribution in [0.3, 0.4) is 0 Å². The monoisotopic (exact) mass is 948 g/mol. The van der Waals surface area contributed by atoms with E-state index in [4.69, 9.17) is 19.9 Å². The number of amides is 4. The average molecular weight is 949 g/mol. The van der Waals surface area contributed by atoms with Crippen molar-refractivity contribution in [3.05, 3.63) is 107 Å². The Balaban J connectivity index is 0.000000257. The van der Waals surface area contributed by atoms with Gasteiger partial charge in [0.15, 0.2) is 0 Å². The first kappa shape index (κ1) is 52.0. The van der Waals surface area contributed by atoms with E-state index in [0.29, 0.717) is 30.8 Å². The summed E-state index contributed by atoms with van der Waals surface area (Å²) in [6.45, 7) is 2.88. The number of ether oxygens (including phenoxy) is 3. The molecule has 1 unspecified atom stereocenters. The number of anilines is 2. The van der Waals surface area contributed by atoms with E-state index in [1.807, 2.05) is 48.5 Å². The molecule has 2 heterocycles. The highest BCUT2D eigenvalue weighted by molar-refractivity contribution is 8.01. The van der Waals surface area contributed by atoms with E-state index in [2.05, 4.69) is 4.74 Å². The van der Waals surface area contributed by atoms with Crippen LogP contribution in [-0.4, -0.2) is 107 Å². The van der Waals surface area contributed by atoms with Crippen LogP contribution in [0.1, 0.15) is 71.4 Å². The first-order chi connectivity index (χ1) is 31.6. The Hall–Kier alpha value is -6.61. The van der Waals surface area contributed by atoms with E-state index in [0.717, 1.165) is 58.1 Å². The maximum atomic E-state index is 13.0. The van der Waals surface area contributed by atoms with Crippen molar-refractivity contribution in [3.63, 3.8) is 0 Å². The molecule has 0 bridgehead atoms. The highest BCUT2D eigenvalue weighted by Crippen LogP contribution is 2.43. The molecule has 2 aliphatic heterocycles. The van der Waals surface area contributed by atoms with Gasteiger partial charge < -0.3 is 34.2 Å². The fourth-order valence-electron chi connectivity index (χ4n) is 6.73. The molecule has 2 atom stereocenters. The van der Waals surface area contributed by atoms with Gasteiger partial charge in [0, 0.05) is 16.7 Å². The summed E-state index contributed by atoms with van der Waals surface area (Å²) < 4.78 is 14.7. The quantitative estimate of drug-likeness (QED) is 0.0401. The van der Waals surface area contributed by atoms with E-state index in [9.17, 15) is 43.8 Å². The number of aromatic carboxylic acids is 2. The summed E-state index contributed by atoms with van der Waals surface area (Å²) in [4.78, 5) is 85.8. The number of carbonyl (C=O) groups is 7. The molecular formula is C46H52N4O14S2. The molecule has 4 aromatic carbocycles. The minimum absolute atomic E-state index is 0.0227. The van der Waals surface area contributed by atoms with E-state index < -0.39 is 34.3 Å². The standard InChI is InChI=1S/2C21H22N2O6S.C4H8O2/c2*1-29-15-8-5-13(6-9-15)3-2-4-18-20(25)23(12-19(24)22-28)16-11-14(21(26)27)7-10-17(16)30-18;1-3-6-4(2)5/h2*5-11,18,28H,2-4,12H2,1H3,(H,22,24)(H,26,27);3H2,1-2H3/t18-;;/m0../s1. The molecule has 0 saturated heterocycles. The number of nitrogens with one attached hydrogen (secondary N) is 2. The molecule has 2 aliphatic rings. The Morgan fingerprint density at radius 1 is 0.621 bits per heavy atom. The summed E-state index contributed by atoms with van der Waals surface area (Å²) in [7, 11) is 3.22. The highest BCUT2D eigenvalue weighted by Gasteiger charge is 2.36. The zero-order chi connectivity index (χ0) is 48.3. The van der Waals surface area contributed by atoms with Gasteiger partial charge in [0.25, 0.3) is 11.8 Å². The number of benzene rings is 4. The van der Waals surface area contributed by atoms with Crippen molar-refractivity contribution >= 4 is 76.4 Å². The van der Waals surface area contributed by atoms with Crippen molar-refractivity contribution in [1.82, 2.24) is 11.0 Å². The first-order valence-corrected chi connectivity index (χ1v) is 22.3. The third kappa shape index (κ3) is 15.0. The van der Waals surface area contributed by atoms with Gasteiger partial charge in [0.05, 0.1) is 53.8 Å². The lowest BCUT2D eigenvalue weighted by Gasteiger charge is -2.33. The molecule has 0 spiro atoms. The second-order valence-electron chi connectivity index (χ2n) is 14.5. The number of carbonyl (C=O) groups excluding carboxylic acids is 5. The minimum atomic E-state index is -1.12. The highest BCUT2D eigenvalue weighted by atomic mass is 32.2. The van der Waals surface area contributed by atoms with Crippen molar-refractivity contribution in [2.45, 2.75) is 72.7 Å². The number of nitrogens with zero attached hydrogens (tertiary/aromatic N) is 2. The molecule has 0 aromatic heterocycles. The first-order valence-electron chi connectivity index (χ1n) is 20.6. The number of carboxylic acid groups (broad SMARTS) is 2. The summed E-state index contributed by atoms with van der Waals surface area (Å²) in [6, 6.07) is 24.5. The normalized spacial score (nSPS) is 14.8. The molecular weight excluding hydrogens is 897 g/mol. The summed E-state index contributed by atoms with van der Waals surface area (Å²) in [5.41, 5.74) is 6.08. The molecule has 20 heteroatoms. The Morgan fingerprint density at radius 2 is 1.00 bits per heavy atom. The fraction of sp³-hybridized carbons (Fsp3) is 0.326. The van der Waals surface area contributed by atoms with E-state index in [1.165, 1.54) is 75.5 Å². The van der Waals surface area contributed by atoms with E-state index >= 15 is 0 Å². The molecule has 18 nitrogen and oxygen atoms in total. The van der Waals surface area contributed by atoms with Crippen LogP contribution in [0.5, 0.6) is 11.5 Å². The molecule has 0 saturated carbocycles. The summed E-state index contributed by atoms with van der Waals surface area (Å²) >= 11 is 2.73. The third-order valence-corrected chi connectivity index (χ3v) is 12.6. The number of fused-ring (bicyclic) bond motifs is 2. The Bertz CT molecular complexity index is 2190. The molecule has 4 amide bonds. The number of hydrogen-bond donors (Lipinski definition) is 6. The van der Waals surface area contributed by atoms with Crippen LogP contribution >= 0.6 is 23.5 Å². The van der Waals surface area contributed by atoms with Gasteiger partial charge >= 0.3 is 17.9 Å². The van der Waals surface area contributed by atoms with Gasteiger partial charge in [-0.3, -0.25) is 34.4 Å². The molecule has 352 valence electrons. The molecule has 4 aromatic rings. The number of thioether (sulfide) groups is 2. The average Bonchev–Trinajstić information content (AvgIpc) is 3.31. The Kier molecular flexibility index (Phi) is 20.3. The number of rotatable bonds is 17. The molecule has 0 radical (unpaired) electrons. The lowest BCUT2D eigenvalue weighted by Crippen LogP contribution is -2.46.